The molecular formula is C8H14N2O. The molecule has 0 spiro atoms. The molecule has 0 heterocycles. The van der Waals surface area contributed by atoms with E-state index in [1.165, 1.54) is 12.3 Å². The van der Waals surface area contributed by atoms with Crippen LogP contribution < -0.4 is 0 Å². The monoisotopic (exact) mass is 154 g/mol. The van der Waals surface area contributed by atoms with Crippen LogP contribution in [0.4, 0.5) is 0 Å². The van der Waals surface area contributed by atoms with E-state index in [1.54, 1.807) is 0 Å². The Hall–Kier alpha value is -0.950. The Labute approximate surface area is 67.0 Å². The van der Waals surface area contributed by atoms with Crippen LogP contribution in [0.1, 0.15) is 32.1 Å². The zero-order valence-electron chi connectivity index (χ0n) is 6.68. The Morgan fingerprint density at radius 3 is 2.64 bits per heavy atom. The zero-order chi connectivity index (χ0) is 8.36. The van der Waals surface area contributed by atoms with E-state index < -0.39 is 0 Å². The SMILES string of the molecule is N=CCCCCCCN=C=O. The highest BCUT2D eigenvalue weighted by Gasteiger charge is 1.87. The molecule has 0 amide bonds. The lowest BCUT2D eigenvalue weighted by molar-refractivity contribution is 0.561. The van der Waals surface area contributed by atoms with Crippen molar-refractivity contribution < 1.29 is 4.79 Å². The van der Waals surface area contributed by atoms with Crippen LogP contribution in [0.3, 0.4) is 0 Å². The first-order valence-corrected chi connectivity index (χ1v) is 3.94. The molecule has 0 bridgehead atoms. The van der Waals surface area contributed by atoms with Gasteiger partial charge in [-0.2, -0.15) is 0 Å². The number of carbonyl (C=O) groups excluding carboxylic acids is 1. The fourth-order valence-corrected chi connectivity index (χ4v) is 0.836. The predicted molar refractivity (Wildman–Crippen MR) is 44.9 cm³/mol. The summed E-state index contributed by atoms with van der Waals surface area (Å²) in [5.74, 6) is 0. The lowest BCUT2D eigenvalue weighted by atomic mass is 10.1. The third kappa shape index (κ3) is 9.05. The van der Waals surface area contributed by atoms with Crippen LogP contribution in [0.15, 0.2) is 4.99 Å². The van der Waals surface area contributed by atoms with E-state index in [2.05, 4.69) is 4.99 Å². The lowest BCUT2D eigenvalue weighted by Crippen LogP contribution is -1.82. The minimum absolute atomic E-state index is 0.605. The van der Waals surface area contributed by atoms with Gasteiger partial charge in [0, 0.05) is 0 Å². The van der Waals surface area contributed by atoms with Crippen LogP contribution in [0.25, 0.3) is 0 Å². The Balaban J connectivity index is 2.90. The van der Waals surface area contributed by atoms with Crippen LogP contribution in [0, 0.1) is 5.41 Å². The molecule has 0 aromatic rings. The van der Waals surface area contributed by atoms with E-state index >= 15 is 0 Å². The Morgan fingerprint density at radius 1 is 1.27 bits per heavy atom. The molecular weight excluding hydrogens is 140 g/mol. The molecule has 3 heteroatoms. The topological polar surface area (TPSA) is 53.3 Å². The fourth-order valence-electron chi connectivity index (χ4n) is 0.836. The van der Waals surface area contributed by atoms with Crippen molar-refractivity contribution in [3.63, 3.8) is 0 Å². The highest BCUT2D eigenvalue weighted by atomic mass is 16.1. The second-order valence-electron chi connectivity index (χ2n) is 2.38. The molecule has 0 aliphatic carbocycles. The quantitative estimate of drug-likeness (QED) is 0.340. The maximum atomic E-state index is 9.62. The predicted octanol–water partition coefficient (Wildman–Crippen LogP) is 1.92. The van der Waals surface area contributed by atoms with Crippen LogP contribution in [0.5, 0.6) is 0 Å². The largest absolute Gasteiger partial charge is 0.313 e. The summed E-state index contributed by atoms with van der Waals surface area (Å²) in [6, 6.07) is 0. The number of hydrogen-bond donors (Lipinski definition) is 1. The number of nitrogens with zero attached hydrogens (tertiary/aromatic N) is 1. The van der Waals surface area contributed by atoms with E-state index in [4.69, 9.17) is 5.41 Å². The van der Waals surface area contributed by atoms with Gasteiger partial charge in [-0.25, -0.2) is 9.79 Å². The molecule has 0 saturated heterocycles. The molecule has 0 unspecified atom stereocenters. The summed E-state index contributed by atoms with van der Waals surface area (Å²) in [7, 11) is 0. The Kier molecular flexibility index (Phi) is 8.27. The van der Waals surface area contributed by atoms with Crippen LogP contribution in [0.2, 0.25) is 0 Å². The summed E-state index contributed by atoms with van der Waals surface area (Å²) in [6.07, 6.45) is 8.08. The number of nitrogens with one attached hydrogen (secondary N) is 1. The lowest BCUT2D eigenvalue weighted by Gasteiger charge is -1.94. The number of hydrogen-bond acceptors (Lipinski definition) is 3. The van der Waals surface area contributed by atoms with Gasteiger partial charge in [-0.15, -0.1) is 0 Å². The first-order chi connectivity index (χ1) is 5.41. The van der Waals surface area contributed by atoms with Crippen molar-refractivity contribution >= 4 is 12.3 Å². The molecule has 0 atom stereocenters. The van der Waals surface area contributed by atoms with Gasteiger partial charge < -0.3 is 5.41 Å². The number of aliphatic imine (C=N–C) groups is 1. The van der Waals surface area contributed by atoms with Gasteiger partial charge in [-0.1, -0.05) is 12.8 Å². The van der Waals surface area contributed by atoms with Gasteiger partial charge in [-0.05, 0) is 25.5 Å². The van der Waals surface area contributed by atoms with Crippen LogP contribution in [-0.4, -0.2) is 18.8 Å². The molecule has 0 aliphatic rings. The molecule has 11 heavy (non-hydrogen) atoms. The average Bonchev–Trinajstić information content (AvgIpc) is 2.03. The van der Waals surface area contributed by atoms with Gasteiger partial charge in [0.2, 0.25) is 6.08 Å². The van der Waals surface area contributed by atoms with Crippen molar-refractivity contribution in [2.75, 3.05) is 6.54 Å². The van der Waals surface area contributed by atoms with E-state index in [9.17, 15) is 4.79 Å². The fraction of sp³-hybridized carbons (Fsp3) is 0.750. The molecule has 1 N–H and O–H groups in total. The van der Waals surface area contributed by atoms with Crippen molar-refractivity contribution in [2.24, 2.45) is 4.99 Å². The Morgan fingerprint density at radius 2 is 2.00 bits per heavy atom. The number of unbranched alkanes of at least 4 members (excludes halogenated alkanes) is 4. The summed E-state index contributed by atoms with van der Waals surface area (Å²) in [5.41, 5.74) is 0. The highest BCUT2D eigenvalue weighted by molar-refractivity contribution is 5.52. The third-order valence-corrected chi connectivity index (χ3v) is 1.43. The van der Waals surface area contributed by atoms with Crippen molar-refractivity contribution in [1.29, 1.82) is 5.41 Å². The molecule has 0 aromatic carbocycles. The molecule has 0 fully saturated rings. The zero-order valence-corrected chi connectivity index (χ0v) is 6.68. The van der Waals surface area contributed by atoms with E-state index in [0.717, 1.165) is 32.1 Å². The van der Waals surface area contributed by atoms with E-state index in [1.807, 2.05) is 0 Å². The third-order valence-electron chi connectivity index (χ3n) is 1.43. The van der Waals surface area contributed by atoms with Gasteiger partial charge in [-0.3, -0.25) is 0 Å². The highest BCUT2D eigenvalue weighted by Crippen LogP contribution is 2.01. The maximum Gasteiger partial charge on any atom is 0.234 e. The number of rotatable bonds is 7. The van der Waals surface area contributed by atoms with Gasteiger partial charge in [0.05, 0.1) is 6.54 Å². The minimum Gasteiger partial charge on any atom is -0.313 e. The first kappa shape index (κ1) is 10.0. The molecule has 0 radical (unpaired) electrons. The van der Waals surface area contributed by atoms with Gasteiger partial charge in [0.25, 0.3) is 0 Å². The normalized spacial score (nSPS) is 8.73. The van der Waals surface area contributed by atoms with Gasteiger partial charge in [0.15, 0.2) is 0 Å². The molecule has 62 valence electrons. The van der Waals surface area contributed by atoms with Crippen LogP contribution >= 0.6 is 0 Å². The van der Waals surface area contributed by atoms with Crippen molar-refractivity contribution in [2.45, 2.75) is 32.1 Å². The summed E-state index contributed by atoms with van der Waals surface area (Å²) >= 11 is 0. The van der Waals surface area contributed by atoms with Crippen LogP contribution in [-0.2, 0) is 4.79 Å². The minimum atomic E-state index is 0.605. The van der Waals surface area contributed by atoms with Crippen molar-refractivity contribution in [1.82, 2.24) is 0 Å². The Bertz CT molecular complexity index is 139. The maximum absolute atomic E-state index is 9.62. The molecule has 0 rings (SSSR count). The summed E-state index contributed by atoms with van der Waals surface area (Å²) in [5, 5.41) is 6.75. The number of isocyanates is 1. The van der Waals surface area contributed by atoms with Gasteiger partial charge >= 0.3 is 0 Å². The second-order valence-corrected chi connectivity index (χ2v) is 2.38. The molecule has 0 aliphatic heterocycles. The molecule has 0 aromatic heterocycles. The molecule has 3 nitrogen and oxygen atoms in total. The van der Waals surface area contributed by atoms with E-state index in [-0.39, 0.29) is 0 Å². The standard InChI is InChI=1S/C8H14N2O/c9-6-4-2-1-3-5-7-10-8-11/h6,9H,1-5,7H2. The first-order valence-electron chi connectivity index (χ1n) is 3.94. The average molecular weight is 154 g/mol. The second kappa shape index (κ2) is 9.05. The van der Waals surface area contributed by atoms with Crippen molar-refractivity contribution in [3.8, 4) is 0 Å². The van der Waals surface area contributed by atoms with Crippen molar-refractivity contribution in [3.05, 3.63) is 0 Å². The van der Waals surface area contributed by atoms with Gasteiger partial charge in [0.1, 0.15) is 0 Å². The smallest absolute Gasteiger partial charge is 0.234 e. The molecule has 0 saturated carbocycles. The summed E-state index contributed by atoms with van der Waals surface area (Å²) in [6.45, 7) is 0.605. The summed E-state index contributed by atoms with van der Waals surface area (Å²) in [4.78, 5) is 13.1. The summed E-state index contributed by atoms with van der Waals surface area (Å²) < 4.78 is 0. The van der Waals surface area contributed by atoms with E-state index in [0.29, 0.717) is 6.54 Å².